The first kappa shape index (κ1) is 19.5. The molecule has 2 amide bonds. The van der Waals surface area contributed by atoms with E-state index in [1.54, 1.807) is 16.2 Å². The predicted molar refractivity (Wildman–Crippen MR) is 122 cm³/mol. The number of rotatable bonds is 5. The van der Waals surface area contributed by atoms with Crippen molar-refractivity contribution < 1.29 is 9.59 Å². The first-order chi connectivity index (χ1) is 15.1. The smallest absolute Gasteiger partial charge is 0.229 e. The number of carbonyl (C=O) groups is 2. The van der Waals surface area contributed by atoms with Crippen molar-refractivity contribution in [3.8, 4) is 11.3 Å². The second-order valence-electron chi connectivity index (χ2n) is 7.82. The zero-order chi connectivity index (χ0) is 21.4. The van der Waals surface area contributed by atoms with Gasteiger partial charge in [-0.25, -0.2) is 4.98 Å². The SMILES string of the molecule is C[C@@H](c1ccccc1)N1C[C@H](C(=O)Nc2ccc(-c3cn4ccsc4n3)cc2)CC1=O. The van der Waals surface area contributed by atoms with Crippen molar-refractivity contribution in [1.29, 1.82) is 0 Å². The molecular formula is C24H22N4O2S. The summed E-state index contributed by atoms with van der Waals surface area (Å²) in [7, 11) is 0. The highest BCUT2D eigenvalue weighted by molar-refractivity contribution is 7.15. The van der Waals surface area contributed by atoms with E-state index in [0.717, 1.165) is 27.5 Å². The van der Waals surface area contributed by atoms with Crippen molar-refractivity contribution >= 4 is 33.8 Å². The van der Waals surface area contributed by atoms with Gasteiger partial charge in [0.2, 0.25) is 11.8 Å². The van der Waals surface area contributed by atoms with Crippen molar-refractivity contribution in [3.05, 3.63) is 77.9 Å². The maximum Gasteiger partial charge on any atom is 0.229 e. The molecule has 0 bridgehead atoms. The Labute approximate surface area is 184 Å². The first-order valence-corrected chi connectivity index (χ1v) is 11.1. The molecule has 5 rings (SSSR count). The summed E-state index contributed by atoms with van der Waals surface area (Å²) < 4.78 is 2.00. The lowest BCUT2D eigenvalue weighted by Crippen LogP contribution is -2.30. The van der Waals surface area contributed by atoms with Crippen LogP contribution in [0.25, 0.3) is 16.2 Å². The van der Waals surface area contributed by atoms with Crippen molar-refractivity contribution in [2.24, 2.45) is 5.92 Å². The molecule has 0 spiro atoms. The molecule has 0 radical (unpaired) electrons. The van der Waals surface area contributed by atoms with Gasteiger partial charge in [-0.05, 0) is 24.6 Å². The number of amides is 2. The highest BCUT2D eigenvalue weighted by Gasteiger charge is 2.37. The second-order valence-corrected chi connectivity index (χ2v) is 8.69. The molecule has 0 aliphatic carbocycles. The van der Waals surface area contributed by atoms with Gasteiger partial charge in [-0.15, -0.1) is 11.3 Å². The number of anilines is 1. The van der Waals surface area contributed by atoms with E-state index in [0.29, 0.717) is 6.54 Å². The molecule has 2 atom stereocenters. The van der Waals surface area contributed by atoms with Crippen molar-refractivity contribution in [3.63, 3.8) is 0 Å². The van der Waals surface area contributed by atoms with Gasteiger partial charge in [0.25, 0.3) is 0 Å². The van der Waals surface area contributed by atoms with Crippen molar-refractivity contribution in [1.82, 2.24) is 14.3 Å². The van der Waals surface area contributed by atoms with Crippen LogP contribution in [0.2, 0.25) is 0 Å². The van der Waals surface area contributed by atoms with Crippen LogP contribution in [0.1, 0.15) is 24.9 Å². The number of likely N-dealkylation sites (tertiary alicyclic amines) is 1. The number of fused-ring (bicyclic) bond motifs is 1. The molecule has 156 valence electrons. The van der Waals surface area contributed by atoms with E-state index >= 15 is 0 Å². The molecule has 2 aromatic carbocycles. The Morgan fingerprint density at radius 2 is 1.94 bits per heavy atom. The number of imidazole rings is 1. The Bertz CT molecular complexity index is 1200. The van der Waals surface area contributed by atoms with Crippen LogP contribution < -0.4 is 5.32 Å². The van der Waals surface area contributed by atoms with Crippen molar-refractivity contribution in [2.75, 3.05) is 11.9 Å². The molecule has 1 aliphatic heterocycles. The fraction of sp³-hybridized carbons (Fsp3) is 0.208. The maximum absolute atomic E-state index is 12.8. The largest absolute Gasteiger partial charge is 0.335 e. The zero-order valence-electron chi connectivity index (χ0n) is 17.1. The van der Waals surface area contributed by atoms with Crippen LogP contribution in [-0.2, 0) is 9.59 Å². The quantitative estimate of drug-likeness (QED) is 0.503. The molecule has 0 saturated carbocycles. The van der Waals surface area contributed by atoms with Crippen LogP contribution in [0.15, 0.2) is 72.4 Å². The normalized spacial score (nSPS) is 17.3. The van der Waals surface area contributed by atoms with Crippen LogP contribution >= 0.6 is 11.3 Å². The number of aromatic nitrogens is 2. The Kier molecular flexibility index (Phi) is 5.03. The molecule has 7 heteroatoms. The standard InChI is InChI=1S/C24H22N4O2S/c1-16(17-5-3-2-4-6-17)28-14-19(13-22(28)29)23(30)25-20-9-7-18(8-10-20)21-15-27-11-12-31-24(27)26-21/h2-12,15-16,19H,13-14H2,1H3,(H,25,30)/t16-,19+/m0/s1. The van der Waals surface area contributed by atoms with E-state index in [1.807, 2.05) is 83.7 Å². The summed E-state index contributed by atoms with van der Waals surface area (Å²) in [4.78, 5) is 32.7. The Morgan fingerprint density at radius 3 is 2.68 bits per heavy atom. The summed E-state index contributed by atoms with van der Waals surface area (Å²) >= 11 is 1.59. The lowest BCUT2D eigenvalue weighted by molar-refractivity contribution is -0.129. The molecule has 0 unspecified atom stereocenters. The minimum absolute atomic E-state index is 0.0200. The van der Waals surface area contributed by atoms with E-state index in [9.17, 15) is 9.59 Å². The van der Waals surface area contributed by atoms with Gasteiger partial charge >= 0.3 is 0 Å². The molecule has 6 nitrogen and oxygen atoms in total. The Hall–Kier alpha value is -3.45. The fourth-order valence-corrected chi connectivity index (χ4v) is 4.73. The van der Waals surface area contributed by atoms with Gasteiger partial charge in [0.15, 0.2) is 4.96 Å². The van der Waals surface area contributed by atoms with Gasteiger partial charge in [0.05, 0.1) is 17.7 Å². The minimum atomic E-state index is -0.349. The van der Waals surface area contributed by atoms with Gasteiger partial charge in [-0.2, -0.15) is 0 Å². The first-order valence-electron chi connectivity index (χ1n) is 10.3. The summed E-state index contributed by atoms with van der Waals surface area (Å²) in [6.45, 7) is 2.44. The number of carbonyl (C=O) groups excluding carboxylic acids is 2. The van der Waals surface area contributed by atoms with E-state index in [1.165, 1.54) is 0 Å². The van der Waals surface area contributed by atoms with Gasteiger partial charge in [-0.1, -0.05) is 42.5 Å². The summed E-state index contributed by atoms with van der Waals surface area (Å²) in [5, 5.41) is 4.96. The van der Waals surface area contributed by atoms with Gasteiger partial charge in [0.1, 0.15) is 0 Å². The summed E-state index contributed by atoms with van der Waals surface area (Å²) in [5.74, 6) is -0.448. The van der Waals surface area contributed by atoms with Crippen LogP contribution in [-0.4, -0.2) is 32.6 Å². The number of hydrogen-bond donors (Lipinski definition) is 1. The highest BCUT2D eigenvalue weighted by atomic mass is 32.1. The zero-order valence-corrected chi connectivity index (χ0v) is 17.9. The van der Waals surface area contributed by atoms with E-state index < -0.39 is 0 Å². The molecule has 1 fully saturated rings. The third-order valence-corrected chi connectivity index (χ3v) is 6.59. The fourth-order valence-electron chi connectivity index (χ4n) is 4.03. The number of benzene rings is 2. The van der Waals surface area contributed by atoms with Gasteiger partial charge in [-0.3, -0.25) is 14.0 Å². The van der Waals surface area contributed by atoms with Crippen LogP contribution in [0.4, 0.5) is 5.69 Å². The number of thiazole rings is 1. The monoisotopic (exact) mass is 430 g/mol. The number of hydrogen-bond acceptors (Lipinski definition) is 4. The maximum atomic E-state index is 12.8. The minimum Gasteiger partial charge on any atom is -0.335 e. The summed E-state index contributed by atoms with van der Waals surface area (Å²) in [6.07, 6.45) is 4.22. The van der Waals surface area contributed by atoms with Gasteiger partial charge < -0.3 is 10.2 Å². The lowest BCUT2D eigenvalue weighted by Gasteiger charge is -2.25. The summed E-state index contributed by atoms with van der Waals surface area (Å²) in [5.41, 5.74) is 3.69. The molecule has 2 aromatic heterocycles. The second kappa shape index (κ2) is 8.00. The molecule has 1 N–H and O–H groups in total. The highest BCUT2D eigenvalue weighted by Crippen LogP contribution is 2.29. The third-order valence-electron chi connectivity index (χ3n) is 5.82. The summed E-state index contributed by atoms with van der Waals surface area (Å²) in [6, 6.07) is 17.5. The molecular weight excluding hydrogens is 408 g/mol. The van der Waals surface area contributed by atoms with E-state index in [2.05, 4.69) is 10.3 Å². The van der Waals surface area contributed by atoms with Crippen molar-refractivity contribution in [2.45, 2.75) is 19.4 Å². The Morgan fingerprint density at radius 1 is 1.16 bits per heavy atom. The van der Waals surface area contributed by atoms with Crippen LogP contribution in [0.3, 0.4) is 0 Å². The predicted octanol–water partition coefficient (Wildman–Crippen LogP) is 4.61. The third kappa shape index (κ3) is 3.84. The van der Waals surface area contributed by atoms with Crippen LogP contribution in [0, 0.1) is 5.92 Å². The lowest BCUT2D eigenvalue weighted by atomic mass is 10.1. The molecule has 4 aromatic rings. The Balaban J connectivity index is 1.24. The average Bonchev–Trinajstić information content (AvgIpc) is 3.49. The molecule has 1 aliphatic rings. The molecule has 31 heavy (non-hydrogen) atoms. The van der Waals surface area contributed by atoms with Crippen LogP contribution in [0.5, 0.6) is 0 Å². The van der Waals surface area contributed by atoms with Gasteiger partial charge in [0, 0.05) is 42.0 Å². The number of nitrogens with one attached hydrogen (secondary N) is 1. The average molecular weight is 431 g/mol. The molecule has 1 saturated heterocycles. The molecule has 3 heterocycles. The number of nitrogens with zero attached hydrogens (tertiary/aromatic N) is 3. The topological polar surface area (TPSA) is 66.7 Å². The van der Waals surface area contributed by atoms with E-state index in [-0.39, 0.29) is 30.2 Å². The van der Waals surface area contributed by atoms with E-state index in [4.69, 9.17) is 0 Å².